The topological polar surface area (TPSA) is 38.3 Å². The summed E-state index contributed by atoms with van der Waals surface area (Å²) < 4.78 is 5.69. The number of amides is 1. The molecule has 3 aromatic rings. The maximum atomic E-state index is 13.0. The number of hydrogen-bond acceptors (Lipinski definition) is 2. The highest BCUT2D eigenvalue weighted by Gasteiger charge is 2.17. The molecule has 0 aliphatic heterocycles. The van der Waals surface area contributed by atoms with E-state index in [1.165, 1.54) is 0 Å². The summed E-state index contributed by atoms with van der Waals surface area (Å²) in [5.41, 5.74) is 3.61. The van der Waals surface area contributed by atoms with Crippen LogP contribution in [0.15, 0.2) is 54.6 Å². The first-order chi connectivity index (χ1) is 11.6. The molecular weight excluding hydrogens is 298 g/mol. The molecule has 0 bridgehead atoms. The Hall–Kier alpha value is -2.81. The molecule has 3 nitrogen and oxygen atoms in total. The van der Waals surface area contributed by atoms with E-state index in [4.69, 9.17) is 4.74 Å². The normalized spacial score (nSPS) is 10.6. The van der Waals surface area contributed by atoms with Crippen molar-refractivity contribution in [1.29, 1.82) is 0 Å². The highest BCUT2D eigenvalue weighted by molar-refractivity contribution is 6.15. The zero-order valence-electron chi connectivity index (χ0n) is 14.2. The number of fused-ring (bicyclic) bond motifs is 1. The predicted octanol–water partition coefficient (Wildman–Crippen LogP) is 5.11. The number of benzene rings is 3. The highest BCUT2D eigenvalue weighted by Crippen LogP contribution is 2.29. The summed E-state index contributed by atoms with van der Waals surface area (Å²) in [6, 6.07) is 17.7. The number of carbonyl (C=O) groups is 1. The van der Waals surface area contributed by atoms with Crippen LogP contribution in [0.1, 0.15) is 28.4 Å². The molecule has 0 aliphatic carbocycles. The third-order valence-electron chi connectivity index (χ3n) is 3.90. The first kappa shape index (κ1) is 16.1. The van der Waals surface area contributed by atoms with Crippen LogP contribution >= 0.6 is 0 Å². The Balaban J connectivity index is 2.06. The van der Waals surface area contributed by atoms with Crippen LogP contribution in [0.25, 0.3) is 10.8 Å². The molecule has 3 aromatic carbocycles. The molecule has 0 unspecified atom stereocenters. The second kappa shape index (κ2) is 6.75. The lowest BCUT2D eigenvalue weighted by molar-refractivity contribution is 0.102. The van der Waals surface area contributed by atoms with Gasteiger partial charge >= 0.3 is 0 Å². The van der Waals surface area contributed by atoms with Crippen molar-refractivity contribution in [3.8, 4) is 5.75 Å². The van der Waals surface area contributed by atoms with Gasteiger partial charge in [0.15, 0.2) is 0 Å². The van der Waals surface area contributed by atoms with Crippen molar-refractivity contribution in [2.24, 2.45) is 0 Å². The minimum absolute atomic E-state index is 0.153. The van der Waals surface area contributed by atoms with Gasteiger partial charge in [-0.3, -0.25) is 4.79 Å². The minimum Gasteiger partial charge on any atom is -0.493 e. The van der Waals surface area contributed by atoms with Crippen molar-refractivity contribution in [3.63, 3.8) is 0 Å². The maximum Gasteiger partial charge on any atom is 0.260 e. The van der Waals surface area contributed by atoms with Crippen LogP contribution in [-0.4, -0.2) is 12.5 Å². The Morgan fingerprint density at radius 2 is 1.71 bits per heavy atom. The van der Waals surface area contributed by atoms with Gasteiger partial charge in [0.05, 0.1) is 12.2 Å². The van der Waals surface area contributed by atoms with Gasteiger partial charge in [0.2, 0.25) is 0 Å². The third-order valence-corrected chi connectivity index (χ3v) is 3.90. The van der Waals surface area contributed by atoms with Crippen LogP contribution in [0.2, 0.25) is 0 Å². The molecule has 1 N–H and O–H groups in total. The maximum absolute atomic E-state index is 13.0. The Bertz CT molecular complexity index is 879. The minimum atomic E-state index is -0.153. The number of aryl methyl sites for hydroxylation is 2. The van der Waals surface area contributed by atoms with Crippen LogP contribution < -0.4 is 10.1 Å². The number of hydrogen-bond donors (Lipinski definition) is 1. The molecule has 0 heterocycles. The standard InChI is InChI=1S/C21H21NO2/c1-4-24-19-10-9-16-7-5-6-8-18(16)20(19)21(23)22-17-12-14(2)11-15(3)13-17/h5-13H,4H2,1-3H3,(H,22,23). The molecule has 0 aromatic heterocycles. The number of nitrogens with one attached hydrogen (secondary N) is 1. The van der Waals surface area contributed by atoms with Crippen molar-refractivity contribution in [2.75, 3.05) is 11.9 Å². The summed E-state index contributed by atoms with van der Waals surface area (Å²) in [5.74, 6) is 0.457. The summed E-state index contributed by atoms with van der Waals surface area (Å²) in [5, 5.41) is 4.93. The lowest BCUT2D eigenvalue weighted by Crippen LogP contribution is -2.14. The lowest BCUT2D eigenvalue weighted by atomic mass is 10.0. The first-order valence-corrected chi connectivity index (χ1v) is 8.12. The largest absolute Gasteiger partial charge is 0.493 e. The highest BCUT2D eigenvalue weighted by atomic mass is 16.5. The van der Waals surface area contributed by atoms with Gasteiger partial charge in [0.1, 0.15) is 5.75 Å². The molecule has 1 amide bonds. The number of ether oxygens (including phenoxy) is 1. The van der Waals surface area contributed by atoms with Gasteiger partial charge in [0.25, 0.3) is 5.91 Å². The summed E-state index contributed by atoms with van der Waals surface area (Å²) in [4.78, 5) is 13.0. The molecule has 0 radical (unpaired) electrons. The lowest BCUT2D eigenvalue weighted by Gasteiger charge is -2.14. The second-order valence-corrected chi connectivity index (χ2v) is 5.92. The van der Waals surface area contributed by atoms with E-state index in [2.05, 4.69) is 11.4 Å². The van der Waals surface area contributed by atoms with E-state index in [9.17, 15) is 4.79 Å². The predicted molar refractivity (Wildman–Crippen MR) is 99.0 cm³/mol. The van der Waals surface area contributed by atoms with Crippen molar-refractivity contribution >= 4 is 22.4 Å². The molecule has 0 saturated carbocycles. The van der Waals surface area contributed by atoms with Crippen LogP contribution in [0.5, 0.6) is 5.75 Å². The molecule has 0 aliphatic rings. The van der Waals surface area contributed by atoms with Gasteiger partial charge in [0, 0.05) is 5.69 Å². The fraction of sp³-hybridized carbons (Fsp3) is 0.190. The molecule has 122 valence electrons. The Morgan fingerprint density at radius 3 is 2.42 bits per heavy atom. The number of rotatable bonds is 4. The molecule has 3 rings (SSSR count). The summed E-state index contributed by atoms with van der Waals surface area (Å²) in [6.45, 7) is 6.47. The van der Waals surface area contributed by atoms with Crippen LogP contribution in [-0.2, 0) is 0 Å². The summed E-state index contributed by atoms with van der Waals surface area (Å²) >= 11 is 0. The fourth-order valence-corrected chi connectivity index (χ4v) is 3.00. The van der Waals surface area contributed by atoms with Gasteiger partial charge in [-0.1, -0.05) is 36.4 Å². The SMILES string of the molecule is CCOc1ccc2ccccc2c1C(=O)Nc1cc(C)cc(C)c1. The van der Waals surface area contributed by atoms with E-state index in [1.807, 2.05) is 69.3 Å². The molecule has 3 heteroatoms. The van der Waals surface area contributed by atoms with E-state index in [0.717, 1.165) is 27.6 Å². The van der Waals surface area contributed by atoms with Gasteiger partial charge in [-0.05, 0) is 60.9 Å². The van der Waals surface area contributed by atoms with Crippen LogP contribution in [0.3, 0.4) is 0 Å². The summed E-state index contributed by atoms with van der Waals surface area (Å²) in [7, 11) is 0. The molecule has 0 spiro atoms. The van der Waals surface area contributed by atoms with Gasteiger partial charge < -0.3 is 10.1 Å². The van der Waals surface area contributed by atoms with Crippen molar-refractivity contribution in [3.05, 3.63) is 71.3 Å². The zero-order valence-corrected chi connectivity index (χ0v) is 14.2. The average molecular weight is 319 g/mol. The quantitative estimate of drug-likeness (QED) is 0.726. The molecular formula is C21H21NO2. The fourth-order valence-electron chi connectivity index (χ4n) is 3.00. The van der Waals surface area contributed by atoms with Crippen molar-refractivity contribution in [2.45, 2.75) is 20.8 Å². The third kappa shape index (κ3) is 3.25. The Morgan fingerprint density at radius 1 is 1.00 bits per heavy atom. The molecule has 0 saturated heterocycles. The van der Waals surface area contributed by atoms with E-state index in [-0.39, 0.29) is 5.91 Å². The van der Waals surface area contributed by atoms with Crippen LogP contribution in [0, 0.1) is 13.8 Å². The Labute approximate surface area is 142 Å². The molecule has 0 atom stereocenters. The van der Waals surface area contributed by atoms with Gasteiger partial charge in [-0.15, -0.1) is 0 Å². The van der Waals surface area contributed by atoms with E-state index in [1.54, 1.807) is 0 Å². The van der Waals surface area contributed by atoms with E-state index >= 15 is 0 Å². The average Bonchev–Trinajstić information content (AvgIpc) is 2.53. The van der Waals surface area contributed by atoms with E-state index < -0.39 is 0 Å². The summed E-state index contributed by atoms with van der Waals surface area (Å²) in [6.07, 6.45) is 0. The molecule has 24 heavy (non-hydrogen) atoms. The smallest absolute Gasteiger partial charge is 0.260 e. The van der Waals surface area contributed by atoms with Gasteiger partial charge in [-0.2, -0.15) is 0 Å². The van der Waals surface area contributed by atoms with Gasteiger partial charge in [-0.25, -0.2) is 0 Å². The van der Waals surface area contributed by atoms with Crippen LogP contribution in [0.4, 0.5) is 5.69 Å². The second-order valence-electron chi connectivity index (χ2n) is 5.92. The first-order valence-electron chi connectivity index (χ1n) is 8.12. The van der Waals surface area contributed by atoms with Crippen molar-refractivity contribution in [1.82, 2.24) is 0 Å². The Kier molecular flexibility index (Phi) is 4.52. The number of carbonyl (C=O) groups excluding carboxylic acids is 1. The zero-order chi connectivity index (χ0) is 17.1. The van der Waals surface area contributed by atoms with Crippen molar-refractivity contribution < 1.29 is 9.53 Å². The number of anilines is 1. The molecule has 0 fully saturated rings. The van der Waals surface area contributed by atoms with E-state index in [0.29, 0.717) is 17.9 Å². The monoisotopic (exact) mass is 319 g/mol.